The molecule has 2 saturated carbocycles. The molecule has 0 radical (unpaired) electrons. The molecule has 4 rings (SSSR count). The number of carbonyl (C=O) groups is 1. The van der Waals surface area contributed by atoms with Crippen molar-refractivity contribution in [2.45, 2.75) is 78.4 Å². The molecular formula is C22H32O4. The van der Waals surface area contributed by atoms with Crippen molar-refractivity contribution in [3.05, 3.63) is 23.7 Å². The van der Waals surface area contributed by atoms with E-state index in [1.807, 2.05) is 13.0 Å². The first-order chi connectivity index (χ1) is 12.1. The van der Waals surface area contributed by atoms with E-state index >= 15 is 0 Å². The van der Waals surface area contributed by atoms with Crippen LogP contribution in [0.15, 0.2) is 16.7 Å². The van der Waals surface area contributed by atoms with Gasteiger partial charge in [0.2, 0.25) is 0 Å². The van der Waals surface area contributed by atoms with Gasteiger partial charge in [-0.3, -0.25) is 4.79 Å². The Morgan fingerprint density at radius 2 is 2.00 bits per heavy atom. The second kappa shape index (κ2) is 5.60. The van der Waals surface area contributed by atoms with E-state index in [9.17, 15) is 9.90 Å². The van der Waals surface area contributed by atoms with Crippen LogP contribution in [0.4, 0.5) is 0 Å². The Morgan fingerprint density at radius 3 is 2.69 bits per heavy atom. The summed E-state index contributed by atoms with van der Waals surface area (Å²) in [6.07, 6.45) is 6.70. The average Bonchev–Trinajstić information content (AvgIpc) is 2.98. The van der Waals surface area contributed by atoms with E-state index in [0.29, 0.717) is 5.92 Å². The van der Waals surface area contributed by atoms with Crippen molar-refractivity contribution in [3.63, 3.8) is 0 Å². The average molecular weight is 360 g/mol. The minimum atomic E-state index is -1.04. The molecule has 26 heavy (non-hydrogen) atoms. The maximum atomic E-state index is 11.9. The van der Waals surface area contributed by atoms with Crippen molar-refractivity contribution in [2.75, 3.05) is 0 Å². The summed E-state index contributed by atoms with van der Waals surface area (Å²) in [5, 5.41) is 11.6. The van der Waals surface area contributed by atoms with Gasteiger partial charge in [-0.25, -0.2) is 0 Å². The summed E-state index contributed by atoms with van der Waals surface area (Å²) in [4.78, 5) is 11.9. The number of carbonyl (C=O) groups excluding carboxylic acids is 1. The SMILES string of the molecule is CC(=O)O[C@H]1C[C@H]2C(C)(C)CCC[C@]2(C)[C@H]2Cc3occc3[C@@](C)(O)[C@H]12. The van der Waals surface area contributed by atoms with Gasteiger partial charge in [0.1, 0.15) is 11.9 Å². The van der Waals surface area contributed by atoms with E-state index < -0.39 is 5.60 Å². The lowest BCUT2D eigenvalue weighted by Gasteiger charge is -2.63. The molecule has 2 fully saturated rings. The van der Waals surface area contributed by atoms with Crippen molar-refractivity contribution < 1.29 is 19.1 Å². The minimum Gasteiger partial charge on any atom is -0.469 e. The second-order valence-electron chi connectivity index (χ2n) is 10.0. The van der Waals surface area contributed by atoms with Crippen LogP contribution in [-0.2, 0) is 21.6 Å². The van der Waals surface area contributed by atoms with Crippen molar-refractivity contribution in [3.8, 4) is 0 Å². The predicted octanol–water partition coefficient (Wildman–Crippen LogP) is 4.44. The summed E-state index contributed by atoms with van der Waals surface area (Å²) in [6, 6.07) is 1.88. The highest BCUT2D eigenvalue weighted by atomic mass is 16.5. The predicted molar refractivity (Wildman–Crippen MR) is 98.4 cm³/mol. The highest BCUT2D eigenvalue weighted by Crippen LogP contribution is 2.65. The highest BCUT2D eigenvalue weighted by Gasteiger charge is 2.63. The fourth-order valence-electron chi connectivity index (χ4n) is 7.02. The van der Waals surface area contributed by atoms with Crippen LogP contribution in [0, 0.1) is 28.6 Å². The van der Waals surface area contributed by atoms with Gasteiger partial charge in [0.05, 0.1) is 11.9 Å². The lowest BCUT2D eigenvalue weighted by atomic mass is 9.42. The second-order valence-corrected chi connectivity index (χ2v) is 10.0. The van der Waals surface area contributed by atoms with Gasteiger partial charge in [0.25, 0.3) is 0 Å². The molecule has 1 aromatic rings. The third kappa shape index (κ3) is 2.41. The monoisotopic (exact) mass is 360 g/mol. The Kier molecular flexibility index (Phi) is 3.90. The zero-order chi connectivity index (χ0) is 18.9. The standard InChI is InChI=1S/C22H32O4/c1-13(23)26-17-12-18-20(2,3)8-6-9-21(18,4)15-11-16-14(7-10-25-16)22(5,24)19(15)17/h7,10,15,17-19,24H,6,8-9,11-12H2,1-5H3/t15-,17-,18-,19-,21+,22+/m0/s1. The van der Waals surface area contributed by atoms with Gasteiger partial charge in [0, 0.05) is 24.8 Å². The van der Waals surface area contributed by atoms with Gasteiger partial charge in [-0.1, -0.05) is 27.2 Å². The Hall–Kier alpha value is -1.29. The van der Waals surface area contributed by atoms with Gasteiger partial charge >= 0.3 is 5.97 Å². The summed E-state index contributed by atoms with van der Waals surface area (Å²) in [5.41, 5.74) is 0.164. The molecule has 3 aliphatic carbocycles. The Labute approximate surface area is 156 Å². The first kappa shape index (κ1) is 18.1. The normalized spacial score (nSPS) is 43.8. The third-order valence-electron chi connectivity index (χ3n) is 8.09. The van der Waals surface area contributed by atoms with Gasteiger partial charge in [-0.2, -0.15) is 0 Å². The van der Waals surface area contributed by atoms with E-state index in [1.165, 1.54) is 26.2 Å². The van der Waals surface area contributed by atoms with Crippen LogP contribution in [0.5, 0.6) is 0 Å². The fourth-order valence-corrected chi connectivity index (χ4v) is 7.02. The zero-order valence-corrected chi connectivity index (χ0v) is 16.7. The van der Waals surface area contributed by atoms with E-state index in [4.69, 9.17) is 9.15 Å². The Morgan fingerprint density at radius 1 is 1.27 bits per heavy atom. The highest BCUT2D eigenvalue weighted by molar-refractivity contribution is 5.66. The van der Waals surface area contributed by atoms with Gasteiger partial charge in [-0.05, 0) is 54.9 Å². The summed E-state index contributed by atoms with van der Waals surface area (Å²) < 4.78 is 11.6. The maximum absolute atomic E-state index is 11.9. The topological polar surface area (TPSA) is 59.7 Å². The molecule has 6 atom stereocenters. The van der Waals surface area contributed by atoms with Crippen LogP contribution in [0.25, 0.3) is 0 Å². The number of esters is 1. The van der Waals surface area contributed by atoms with Crippen LogP contribution in [0.1, 0.15) is 71.6 Å². The number of rotatable bonds is 1. The van der Waals surface area contributed by atoms with Gasteiger partial charge < -0.3 is 14.3 Å². The molecular weight excluding hydrogens is 328 g/mol. The molecule has 4 heteroatoms. The van der Waals surface area contributed by atoms with E-state index in [1.54, 1.807) is 6.26 Å². The van der Waals surface area contributed by atoms with Crippen molar-refractivity contribution in [1.82, 2.24) is 0 Å². The molecule has 0 amide bonds. The molecule has 144 valence electrons. The number of hydrogen-bond acceptors (Lipinski definition) is 4. The molecule has 4 nitrogen and oxygen atoms in total. The first-order valence-electron chi connectivity index (χ1n) is 10.0. The molecule has 0 aliphatic heterocycles. The van der Waals surface area contributed by atoms with Crippen LogP contribution in [0.2, 0.25) is 0 Å². The molecule has 0 saturated heterocycles. The zero-order valence-electron chi connectivity index (χ0n) is 16.7. The molecule has 1 N–H and O–H groups in total. The summed E-state index contributed by atoms with van der Waals surface area (Å²) in [5.74, 6) is 1.29. The molecule has 0 spiro atoms. The molecule has 0 bridgehead atoms. The summed E-state index contributed by atoms with van der Waals surface area (Å²) in [7, 11) is 0. The van der Waals surface area contributed by atoms with Crippen molar-refractivity contribution in [1.29, 1.82) is 0 Å². The van der Waals surface area contributed by atoms with Gasteiger partial charge in [0.15, 0.2) is 0 Å². The molecule has 0 unspecified atom stereocenters. The number of fused-ring (bicyclic) bond motifs is 4. The number of aliphatic hydroxyl groups is 1. The third-order valence-corrected chi connectivity index (χ3v) is 8.09. The van der Waals surface area contributed by atoms with E-state index in [2.05, 4.69) is 20.8 Å². The molecule has 1 heterocycles. The Balaban J connectivity index is 1.85. The number of furan rings is 1. The summed E-state index contributed by atoms with van der Waals surface area (Å²) in [6.45, 7) is 10.5. The van der Waals surface area contributed by atoms with Crippen LogP contribution < -0.4 is 0 Å². The summed E-state index contributed by atoms with van der Waals surface area (Å²) >= 11 is 0. The number of ether oxygens (including phenoxy) is 1. The smallest absolute Gasteiger partial charge is 0.302 e. The quantitative estimate of drug-likeness (QED) is 0.752. The molecule has 0 aromatic carbocycles. The van der Waals surface area contributed by atoms with E-state index in [0.717, 1.165) is 24.2 Å². The fraction of sp³-hybridized carbons (Fsp3) is 0.773. The van der Waals surface area contributed by atoms with Crippen LogP contribution >= 0.6 is 0 Å². The van der Waals surface area contributed by atoms with Gasteiger partial charge in [-0.15, -0.1) is 0 Å². The van der Waals surface area contributed by atoms with Crippen molar-refractivity contribution >= 4 is 5.97 Å². The van der Waals surface area contributed by atoms with E-state index in [-0.39, 0.29) is 34.7 Å². The largest absolute Gasteiger partial charge is 0.469 e. The minimum absolute atomic E-state index is 0.0911. The van der Waals surface area contributed by atoms with Crippen LogP contribution in [-0.4, -0.2) is 17.2 Å². The van der Waals surface area contributed by atoms with Crippen LogP contribution in [0.3, 0.4) is 0 Å². The van der Waals surface area contributed by atoms with Crippen molar-refractivity contribution in [2.24, 2.45) is 28.6 Å². The first-order valence-corrected chi connectivity index (χ1v) is 10.0. The lowest BCUT2D eigenvalue weighted by molar-refractivity contribution is -0.215. The lowest BCUT2D eigenvalue weighted by Crippen LogP contribution is -2.62. The molecule has 3 aliphatic rings. The number of hydrogen-bond donors (Lipinski definition) is 1. The molecule has 1 aromatic heterocycles. The Bertz CT molecular complexity index is 715. The maximum Gasteiger partial charge on any atom is 0.302 e.